The lowest BCUT2D eigenvalue weighted by molar-refractivity contribution is -0.122. The van der Waals surface area contributed by atoms with E-state index in [1.54, 1.807) is 0 Å². The lowest BCUT2D eigenvalue weighted by Gasteiger charge is -2.38. The van der Waals surface area contributed by atoms with Crippen LogP contribution in [-0.4, -0.2) is 5.78 Å². The van der Waals surface area contributed by atoms with E-state index in [4.69, 9.17) is 0 Å². The van der Waals surface area contributed by atoms with E-state index in [1.165, 1.54) is 18.4 Å². The van der Waals surface area contributed by atoms with Crippen molar-refractivity contribution in [3.8, 4) is 0 Å². The molecule has 3 aliphatic rings. The van der Waals surface area contributed by atoms with Gasteiger partial charge in [0.1, 0.15) is 0 Å². The Hall–Kier alpha value is -0.590. The van der Waals surface area contributed by atoms with Crippen LogP contribution < -0.4 is 0 Å². The van der Waals surface area contributed by atoms with Gasteiger partial charge in [-0.2, -0.15) is 0 Å². The molecular weight excluding hydrogens is 196 g/mol. The van der Waals surface area contributed by atoms with Gasteiger partial charge >= 0.3 is 0 Å². The largest absolute Gasteiger partial charge is 0.295 e. The molecule has 0 aromatic rings. The molecule has 16 heavy (non-hydrogen) atoms. The molecule has 0 spiro atoms. The third-order valence-corrected chi connectivity index (χ3v) is 6.06. The van der Waals surface area contributed by atoms with Crippen molar-refractivity contribution in [1.29, 1.82) is 0 Å². The SMILES string of the molecule is CC1=CC(=O)[C@H]2C[C@]3(C(C)C)CC[C@@]2(C)[C@@H]13. The van der Waals surface area contributed by atoms with E-state index in [0.29, 0.717) is 34.4 Å². The van der Waals surface area contributed by atoms with E-state index in [1.807, 2.05) is 6.08 Å². The Labute approximate surface area is 98.3 Å². The van der Waals surface area contributed by atoms with E-state index in [9.17, 15) is 4.79 Å². The Morgan fingerprint density at radius 2 is 2.06 bits per heavy atom. The second-order valence-corrected chi connectivity index (χ2v) is 6.87. The van der Waals surface area contributed by atoms with Crippen molar-refractivity contribution in [3.05, 3.63) is 11.6 Å². The molecule has 0 aliphatic heterocycles. The lowest BCUT2D eigenvalue weighted by atomic mass is 9.65. The van der Waals surface area contributed by atoms with Crippen LogP contribution in [0.15, 0.2) is 11.6 Å². The fourth-order valence-corrected chi connectivity index (χ4v) is 5.32. The molecule has 0 N–H and O–H groups in total. The van der Waals surface area contributed by atoms with Crippen molar-refractivity contribution >= 4 is 5.78 Å². The second kappa shape index (κ2) is 2.80. The smallest absolute Gasteiger partial charge is 0.159 e. The number of carbonyl (C=O) groups excluding carboxylic acids is 1. The number of rotatable bonds is 1. The summed E-state index contributed by atoms with van der Waals surface area (Å²) in [4.78, 5) is 12.1. The van der Waals surface area contributed by atoms with Crippen LogP contribution in [0, 0.1) is 28.6 Å². The van der Waals surface area contributed by atoms with Crippen LogP contribution in [0.5, 0.6) is 0 Å². The van der Waals surface area contributed by atoms with Gasteiger partial charge in [0.25, 0.3) is 0 Å². The highest BCUT2D eigenvalue weighted by molar-refractivity contribution is 5.95. The standard InChI is InChI=1S/C15H22O/c1-9(2)15-6-5-14(4)11(8-15)12(16)7-10(3)13(14)15/h7,9,11,13H,5-6,8H2,1-4H3/t11-,13-,14-,15+/m1/s1. The average Bonchev–Trinajstić information content (AvgIpc) is 2.59. The first-order valence-corrected chi connectivity index (χ1v) is 6.64. The normalized spacial score (nSPS) is 50.1. The van der Waals surface area contributed by atoms with Gasteiger partial charge in [-0.1, -0.05) is 26.3 Å². The van der Waals surface area contributed by atoms with Crippen LogP contribution >= 0.6 is 0 Å². The van der Waals surface area contributed by atoms with Crippen LogP contribution in [0.1, 0.15) is 47.0 Å². The summed E-state index contributed by atoms with van der Waals surface area (Å²) >= 11 is 0. The number of ketones is 1. The molecule has 0 saturated heterocycles. The first kappa shape index (κ1) is 10.6. The number of allylic oxidation sites excluding steroid dienone is 2. The quantitative estimate of drug-likeness (QED) is 0.657. The van der Waals surface area contributed by atoms with Gasteiger partial charge in [0.05, 0.1) is 0 Å². The van der Waals surface area contributed by atoms with E-state index in [2.05, 4.69) is 27.7 Å². The highest BCUT2D eigenvalue weighted by Gasteiger charge is 2.68. The highest BCUT2D eigenvalue weighted by Crippen LogP contribution is 2.73. The summed E-state index contributed by atoms with van der Waals surface area (Å²) in [5, 5.41) is 0. The van der Waals surface area contributed by atoms with Gasteiger partial charge in [0.2, 0.25) is 0 Å². The highest BCUT2D eigenvalue weighted by atomic mass is 16.1. The maximum absolute atomic E-state index is 12.1. The second-order valence-electron chi connectivity index (χ2n) is 6.87. The van der Waals surface area contributed by atoms with E-state index < -0.39 is 0 Å². The predicted molar refractivity (Wildman–Crippen MR) is 65.0 cm³/mol. The molecule has 4 bridgehead atoms. The third-order valence-electron chi connectivity index (χ3n) is 6.06. The molecule has 0 heterocycles. The summed E-state index contributed by atoms with van der Waals surface area (Å²) in [6.07, 6.45) is 5.70. The Morgan fingerprint density at radius 1 is 1.38 bits per heavy atom. The molecule has 3 aliphatic carbocycles. The molecule has 0 unspecified atom stereocenters. The third kappa shape index (κ3) is 0.919. The molecule has 2 fully saturated rings. The fraction of sp³-hybridized carbons (Fsp3) is 0.800. The number of hydrogen-bond donors (Lipinski definition) is 0. The Kier molecular flexibility index (Phi) is 1.85. The van der Waals surface area contributed by atoms with Gasteiger partial charge in [-0.25, -0.2) is 0 Å². The fourth-order valence-electron chi connectivity index (χ4n) is 5.32. The molecule has 1 heteroatoms. The molecule has 1 nitrogen and oxygen atoms in total. The summed E-state index contributed by atoms with van der Waals surface area (Å²) in [6.45, 7) is 9.26. The number of hydrogen-bond acceptors (Lipinski definition) is 1. The summed E-state index contributed by atoms with van der Waals surface area (Å²) in [7, 11) is 0. The first-order valence-electron chi connectivity index (χ1n) is 6.64. The molecule has 4 atom stereocenters. The Bertz CT molecular complexity index is 392. The molecule has 88 valence electrons. The van der Waals surface area contributed by atoms with Crippen molar-refractivity contribution in [1.82, 2.24) is 0 Å². The topological polar surface area (TPSA) is 17.1 Å². The minimum atomic E-state index is 0.292. The molecule has 0 aromatic carbocycles. The first-order chi connectivity index (χ1) is 7.42. The molecule has 3 rings (SSSR count). The summed E-state index contributed by atoms with van der Waals surface area (Å²) < 4.78 is 0. The van der Waals surface area contributed by atoms with Gasteiger partial charge in [-0.15, -0.1) is 0 Å². The summed E-state index contributed by atoms with van der Waals surface area (Å²) in [5.74, 6) is 2.14. The molecule has 2 saturated carbocycles. The van der Waals surface area contributed by atoms with Gasteiger partial charge in [0.15, 0.2) is 5.78 Å². The van der Waals surface area contributed by atoms with Gasteiger partial charge in [-0.05, 0) is 54.9 Å². The maximum Gasteiger partial charge on any atom is 0.159 e. The van der Waals surface area contributed by atoms with Gasteiger partial charge in [0, 0.05) is 5.92 Å². The van der Waals surface area contributed by atoms with Gasteiger partial charge < -0.3 is 0 Å². The van der Waals surface area contributed by atoms with E-state index >= 15 is 0 Å². The van der Waals surface area contributed by atoms with Crippen LogP contribution in [-0.2, 0) is 4.79 Å². The molecule has 0 amide bonds. The maximum atomic E-state index is 12.1. The van der Waals surface area contributed by atoms with E-state index in [-0.39, 0.29) is 0 Å². The zero-order chi connectivity index (χ0) is 11.7. The van der Waals surface area contributed by atoms with Crippen molar-refractivity contribution in [3.63, 3.8) is 0 Å². The lowest BCUT2D eigenvalue weighted by Crippen LogP contribution is -2.35. The van der Waals surface area contributed by atoms with Crippen molar-refractivity contribution < 1.29 is 4.79 Å². The van der Waals surface area contributed by atoms with Crippen molar-refractivity contribution in [2.75, 3.05) is 0 Å². The van der Waals surface area contributed by atoms with Crippen LogP contribution in [0.25, 0.3) is 0 Å². The molecular formula is C15H22O. The monoisotopic (exact) mass is 218 g/mol. The minimum Gasteiger partial charge on any atom is -0.295 e. The molecule has 0 aromatic heterocycles. The van der Waals surface area contributed by atoms with Gasteiger partial charge in [-0.3, -0.25) is 4.79 Å². The number of carbonyl (C=O) groups is 1. The van der Waals surface area contributed by atoms with Crippen LogP contribution in [0.3, 0.4) is 0 Å². The Balaban J connectivity index is 2.18. The zero-order valence-corrected chi connectivity index (χ0v) is 10.8. The molecule has 0 radical (unpaired) electrons. The van der Waals surface area contributed by atoms with Crippen LogP contribution in [0.4, 0.5) is 0 Å². The summed E-state index contributed by atoms with van der Waals surface area (Å²) in [6, 6.07) is 0. The van der Waals surface area contributed by atoms with Crippen LogP contribution in [0.2, 0.25) is 0 Å². The zero-order valence-electron chi connectivity index (χ0n) is 10.8. The van der Waals surface area contributed by atoms with Crippen molar-refractivity contribution in [2.45, 2.75) is 47.0 Å². The Morgan fingerprint density at radius 3 is 2.69 bits per heavy atom. The minimum absolute atomic E-state index is 0.292. The average molecular weight is 218 g/mol. The predicted octanol–water partition coefficient (Wildman–Crippen LogP) is 3.59. The van der Waals surface area contributed by atoms with E-state index in [0.717, 1.165) is 6.42 Å². The summed E-state index contributed by atoms with van der Waals surface area (Å²) in [5.41, 5.74) is 2.10. The van der Waals surface area contributed by atoms with Crippen molar-refractivity contribution in [2.24, 2.45) is 28.6 Å².